The SMILES string of the molecule is Cc1ccc(F)cc1S(=O)(=O)N1CCC(N2C(=O)OCC2C)CC1. The molecular weight excluding hydrogens is 335 g/mol. The van der Waals surface area contributed by atoms with Crippen LogP contribution >= 0.6 is 0 Å². The van der Waals surface area contributed by atoms with Gasteiger partial charge >= 0.3 is 6.09 Å². The summed E-state index contributed by atoms with van der Waals surface area (Å²) in [5.41, 5.74) is 0.523. The van der Waals surface area contributed by atoms with Crippen LogP contribution in [0.4, 0.5) is 9.18 Å². The fraction of sp³-hybridized carbons (Fsp3) is 0.562. The van der Waals surface area contributed by atoms with Gasteiger partial charge in [0.1, 0.15) is 12.4 Å². The number of ether oxygens (including phenoxy) is 1. The highest BCUT2D eigenvalue weighted by Gasteiger charge is 2.39. The second-order valence-electron chi connectivity index (χ2n) is 6.38. The zero-order valence-corrected chi connectivity index (χ0v) is 14.6. The Balaban J connectivity index is 1.74. The fourth-order valence-corrected chi connectivity index (χ4v) is 5.09. The van der Waals surface area contributed by atoms with Crippen molar-refractivity contribution in [1.82, 2.24) is 9.21 Å². The van der Waals surface area contributed by atoms with Crippen molar-refractivity contribution in [3.05, 3.63) is 29.6 Å². The van der Waals surface area contributed by atoms with E-state index in [1.54, 1.807) is 11.8 Å². The van der Waals surface area contributed by atoms with Gasteiger partial charge in [-0.3, -0.25) is 4.90 Å². The topological polar surface area (TPSA) is 66.9 Å². The smallest absolute Gasteiger partial charge is 0.410 e. The number of cyclic esters (lactones) is 1. The zero-order chi connectivity index (χ0) is 17.5. The Kier molecular flexibility index (Phi) is 4.52. The van der Waals surface area contributed by atoms with E-state index in [2.05, 4.69) is 0 Å². The van der Waals surface area contributed by atoms with E-state index >= 15 is 0 Å². The first kappa shape index (κ1) is 17.2. The van der Waals surface area contributed by atoms with Crippen LogP contribution in [0, 0.1) is 12.7 Å². The summed E-state index contributed by atoms with van der Waals surface area (Å²) in [6, 6.07) is 3.78. The van der Waals surface area contributed by atoms with Crippen LogP contribution in [-0.4, -0.2) is 55.5 Å². The maximum Gasteiger partial charge on any atom is 0.410 e. The Morgan fingerprint density at radius 2 is 1.92 bits per heavy atom. The average molecular weight is 356 g/mol. The highest BCUT2D eigenvalue weighted by molar-refractivity contribution is 7.89. The Hall–Kier alpha value is -1.67. The molecule has 1 aromatic carbocycles. The van der Waals surface area contributed by atoms with E-state index in [0.29, 0.717) is 38.1 Å². The predicted octanol–water partition coefficient (Wildman–Crippen LogP) is 2.13. The van der Waals surface area contributed by atoms with Gasteiger partial charge in [0.2, 0.25) is 10.0 Å². The molecule has 2 fully saturated rings. The Bertz CT molecular complexity index is 744. The lowest BCUT2D eigenvalue weighted by Gasteiger charge is -2.36. The summed E-state index contributed by atoms with van der Waals surface area (Å²) in [6.07, 6.45) is 0.768. The minimum Gasteiger partial charge on any atom is -0.447 e. The lowest BCUT2D eigenvalue weighted by atomic mass is 10.0. The molecule has 1 unspecified atom stereocenters. The number of sulfonamides is 1. The van der Waals surface area contributed by atoms with Crippen LogP contribution in [0.25, 0.3) is 0 Å². The molecule has 8 heteroatoms. The Morgan fingerprint density at radius 3 is 2.50 bits per heavy atom. The predicted molar refractivity (Wildman–Crippen MR) is 85.6 cm³/mol. The summed E-state index contributed by atoms with van der Waals surface area (Å²) in [4.78, 5) is 13.5. The van der Waals surface area contributed by atoms with Gasteiger partial charge in [0.05, 0.1) is 10.9 Å². The quantitative estimate of drug-likeness (QED) is 0.832. The molecule has 2 aliphatic heterocycles. The van der Waals surface area contributed by atoms with Crippen LogP contribution in [-0.2, 0) is 14.8 Å². The van der Waals surface area contributed by atoms with Crippen LogP contribution in [0.15, 0.2) is 23.1 Å². The number of carbonyl (C=O) groups excluding carboxylic acids is 1. The molecule has 0 N–H and O–H groups in total. The third-order valence-electron chi connectivity index (χ3n) is 4.72. The summed E-state index contributed by atoms with van der Waals surface area (Å²) < 4.78 is 45.4. The summed E-state index contributed by atoms with van der Waals surface area (Å²) in [6.45, 7) is 4.56. The molecule has 1 atom stereocenters. The van der Waals surface area contributed by atoms with Crippen molar-refractivity contribution in [1.29, 1.82) is 0 Å². The van der Waals surface area contributed by atoms with Crippen molar-refractivity contribution in [3.8, 4) is 0 Å². The van der Waals surface area contributed by atoms with Gasteiger partial charge in [-0.1, -0.05) is 6.07 Å². The first-order chi connectivity index (χ1) is 11.3. The number of nitrogens with zero attached hydrogens (tertiary/aromatic N) is 2. The number of carbonyl (C=O) groups is 1. The van der Waals surface area contributed by atoms with Crippen LogP contribution in [0.1, 0.15) is 25.3 Å². The minimum atomic E-state index is -3.73. The highest BCUT2D eigenvalue weighted by atomic mass is 32.2. The van der Waals surface area contributed by atoms with Gasteiger partial charge in [-0.05, 0) is 44.4 Å². The van der Waals surface area contributed by atoms with Gasteiger partial charge in [0.15, 0.2) is 0 Å². The normalized spacial score (nSPS) is 23.5. The number of hydrogen-bond acceptors (Lipinski definition) is 4. The van der Waals surface area contributed by atoms with Crippen molar-refractivity contribution in [2.75, 3.05) is 19.7 Å². The third-order valence-corrected chi connectivity index (χ3v) is 6.76. The standard InChI is InChI=1S/C16H21FN2O4S/c1-11-3-4-13(17)9-15(11)24(21,22)18-7-5-14(6-8-18)19-12(2)10-23-16(19)20/h3-4,9,12,14H,5-8,10H2,1-2H3. The lowest BCUT2D eigenvalue weighted by molar-refractivity contribution is 0.127. The van der Waals surface area contributed by atoms with E-state index in [-0.39, 0.29) is 23.1 Å². The summed E-state index contributed by atoms with van der Waals surface area (Å²) in [5.74, 6) is -0.567. The van der Waals surface area contributed by atoms with Gasteiger partial charge in [0.25, 0.3) is 0 Å². The van der Waals surface area contributed by atoms with Crippen LogP contribution in [0.5, 0.6) is 0 Å². The number of aryl methyl sites for hydroxylation is 1. The second-order valence-corrected chi connectivity index (χ2v) is 8.28. The van der Waals surface area contributed by atoms with E-state index in [1.807, 2.05) is 6.92 Å². The molecular formula is C16H21FN2O4S. The van der Waals surface area contributed by atoms with Crippen LogP contribution in [0.2, 0.25) is 0 Å². The average Bonchev–Trinajstić information content (AvgIpc) is 2.88. The molecule has 1 amide bonds. The molecule has 132 valence electrons. The number of hydrogen-bond donors (Lipinski definition) is 0. The number of amides is 1. The summed E-state index contributed by atoms with van der Waals surface area (Å²) in [5, 5.41) is 0. The monoisotopic (exact) mass is 356 g/mol. The molecule has 0 radical (unpaired) electrons. The molecule has 0 spiro atoms. The molecule has 2 aliphatic rings. The third kappa shape index (κ3) is 3.00. The van der Waals surface area contributed by atoms with Crippen molar-refractivity contribution in [2.24, 2.45) is 0 Å². The van der Waals surface area contributed by atoms with E-state index in [1.165, 1.54) is 16.4 Å². The fourth-order valence-electron chi connectivity index (χ4n) is 3.39. The van der Waals surface area contributed by atoms with Gasteiger partial charge < -0.3 is 4.74 Å². The number of piperidine rings is 1. The van der Waals surface area contributed by atoms with Gasteiger partial charge in [0, 0.05) is 19.1 Å². The molecule has 0 aromatic heterocycles. The van der Waals surface area contributed by atoms with E-state index in [0.717, 1.165) is 6.07 Å². The van der Waals surface area contributed by atoms with Gasteiger partial charge in [-0.2, -0.15) is 4.31 Å². The first-order valence-electron chi connectivity index (χ1n) is 8.02. The van der Waals surface area contributed by atoms with Crippen molar-refractivity contribution >= 4 is 16.1 Å². The van der Waals surface area contributed by atoms with Crippen LogP contribution in [0.3, 0.4) is 0 Å². The molecule has 6 nitrogen and oxygen atoms in total. The second kappa shape index (κ2) is 6.33. The zero-order valence-electron chi connectivity index (χ0n) is 13.7. The molecule has 0 aliphatic carbocycles. The molecule has 0 saturated carbocycles. The van der Waals surface area contributed by atoms with E-state index < -0.39 is 15.8 Å². The van der Waals surface area contributed by atoms with Crippen LogP contribution < -0.4 is 0 Å². The molecule has 3 rings (SSSR count). The lowest BCUT2D eigenvalue weighted by Crippen LogP contribution is -2.49. The Morgan fingerprint density at radius 1 is 1.25 bits per heavy atom. The maximum absolute atomic E-state index is 13.5. The van der Waals surface area contributed by atoms with Crippen molar-refractivity contribution < 1.29 is 22.3 Å². The van der Waals surface area contributed by atoms with Crippen molar-refractivity contribution in [2.45, 2.75) is 43.7 Å². The molecule has 2 heterocycles. The summed E-state index contributed by atoms with van der Waals surface area (Å²) >= 11 is 0. The van der Waals surface area contributed by atoms with Gasteiger partial charge in [-0.25, -0.2) is 17.6 Å². The van der Waals surface area contributed by atoms with Crippen molar-refractivity contribution in [3.63, 3.8) is 0 Å². The maximum atomic E-state index is 13.5. The number of benzene rings is 1. The molecule has 0 bridgehead atoms. The molecule has 24 heavy (non-hydrogen) atoms. The number of rotatable bonds is 3. The minimum absolute atomic E-state index is 0.00917. The molecule has 1 aromatic rings. The summed E-state index contributed by atoms with van der Waals surface area (Å²) in [7, 11) is -3.73. The first-order valence-corrected chi connectivity index (χ1v) is 9.46. The highest BCUT2D eigenvalue weighted by Crippen LogP contribution is 2.28. The number of halogens is 1. The largest absolute Gasteiger partial charge is 0.447 e. The molecule has 2 saturated heterocycles. The van der Waals surface area contributed by atoms with Gasteiger partial charge in [-0.15, -0.1) is 0 Å². The Labute approximate surface area is 141 Å². The van der Waals surface area contributed by atoms with E-state index in [9.17, 15) is 17.6 Å². The van der Waals surface area contributed by atoms with E-state index in [4.69, 9.17) is 4.74 Å².